The van der Waals surface area contributed by atoms with Crippen molar-refractivity contribution in [2.75, 3.05) is 13.2 Å². The fourth-order valence-electron chi connectivity index (χ4n) is 2.44. The number of nitrogens with zero attached hydrogens (tertiary/aromatic N) is 2. The molecule has 1 saturated heterocycles. The maximum absolute atomic E-state index is 12.2. The first-order valence-electron chi connectivity index (χ1n) is 6.72. The van der Waals surface area contributed by atoms with Crippen molar-refractivity contribution in [2.45, 2.75) is 38.6 Å². The maximum atomic E-state index is 12.2. The van der Waals surface area contributed by atoms with Crippen LogP contribution in [0.3, 0.4) is 0 Å². The minimum absolute atomic E-state index is 0.0456. The smallest absolute Gasteiger partial charge is 0.246 e. The number of carbonyl (C=O) groups excluding carboxylic acids is 1. The molecule has 2 rings (SSSR count). The zero-order valence-corrected chi connectivity index (χ0v) is 12.0. The Kier molecular flexibility index (Phi) is 5.10. The van der Waals surface area contributed by atoms with Crippen LogP contribution in [-0.2, 0) is 4.79 Å². The SMILES string of the molecule is Cc1ncc(/C=C/C(=O)N2CCCCC2CCO)s1. The van der Waals surface area contributed by atoms with Gasteiger partial charge >= 0.3 is 0 Å². The molecular weight excluding hydrogens is 260 g/mol. The molecule has 1 unspecified atom stereocenters. The lowest BCUT2D eigenvalue weighted by molar-refractivity contribution is -0.129. The van der Waals surface area contributed by atoms with E-state index >= 15 is 0 Å². The van der Waals surface area contributed by atoms with Gasteiger partial charge in [0.15, 0.2) is 0 Å². The summed E-state index contributed by atoms with van der Waals surface area (Å²) in [4.78, 5) is 19.3. The summed E-state index contributed by atoms with van der Waals surface area (Å²) in [7, 11) is 0. The first-order valence-corrected chi connectivity index (χ1v) is 7.54. The van der Waals surface area contributed by atoms with E-state index in [9.17, 15) is 4.79 Å². The number of rotatable bonds is 4. The molecule has 0 saturated carbocycles. The second-order valence-corrected chi connectivity index (χ2v) is 6.07. The van der Waals surface area contributed by atoms with E-state index in [0.717, 1.165) is 35.7 Å². The second kappa shape index (κ2) is 6.82. The summed E-state index contributed by atoms with van der Waals surface area (Å²) in [5, 5.41) is 10.1. The van der Waals surface area contributed by atoms with Gasteiger partial charge in [0.25, 0.3) is 0 Å². The summed E-state index contributed by atoms with van der Waals surface area (Å²) in [6, 6.07) is 0.194. The van der Waals surface area contributed by atoms with Crippen LogP contribution in [0.4, 0.5) is 0 Å². The zero-order valence-electron chi connectivity index (χ0n) is 11.2. The number of aromatic nitrogens is 1. The summed E-state index contributed by atoms with van der Waals surface area (Å²) in [6.45, 7) is 2.90. The highest BCUT2D eigenvalue weighted by atomic mass is 32.1. The lowest BCUT2D eigenvalue weighted by Crippen LogP contribution is -2.43. The van der Waals surface area contributed by atoms with Gasteiger partial charge in [-0.3, -0.25) is 4.79 Å². The molecule has 1 fully saturated rings. The van der Waals surface area contributed by atoms with Crippen molar-refractivity contribution < 1.29 is 9.90 Å². The van der Waals surface area contributed by atoms with Crippen molar-refractivity contribution >= 4 is 23.3 Å². The number of thiazole rings is 1. The molecule has 1 aliphatic rings. The number of piperidine rings is 1. The predicted molar refractivity (Wildman–Crippen MR) is 76.9 cm³/mol. The van der Waals surface area contributed by atoms with Crippen LogP contribution in [0.1, 0.15) is 35.6 Å². The van der Waals surface area contributed by atoms with Gasteiger partial charge in [-0.05, 0) is 38.7 Å². The number of aliphatic hydroxyl groups excluding tert-OH is 1. The zero-order chi connectivity index (χ0) is 13.7. The lowest BCUT2D eigenvalue weighted by Gasteiger charge is -2.34. The van der Waals surface area contributed by atoms with Crippen LogP contribution >= 0.6 is 11.3 Å². The Labute approximate surface area is 117 Å². The molecule has 0 aliphatic carbocycles. The average molecular weight is 280 g/mol. The normalized spacial score (nSPS) is 20.1. The maximum Gasteiger partial charge on any atom is 0.246 e. The minimum atomic E-state index is 0.0456. The molecule has 0 aromatic carbocycles. The number of aliphatic hydroxyl groups is 1. The molecule has 1 aromatic heterocycles. The summed E-state index contributed by atoms with van der Waals surface area (Å²) < 4.78 is 0. The van der Waals surface area contributed by atoms with Gasteiger partial charge in [0.2, 0.25) is 5.91 Å². The van der Waals surface area contributed by atoms with Crippen molar-refractivity contribution in [3.63, 3.8) is 0 Å². The highest BCUT2D eigenvalue weighted by Gasteiger charge is 2.24. The van der Waals surface area contributed by atoms with Crippen LogP contribution in [0.25, 0.3) is 6.08 Å². The summed E-state index contributed by atoms with van der Waals surface area (Å²) >= 11 is 1.58. The fraction of sp³-hybridized carbons (Fsp3) is 0.571. The van der Waals surface area contributed by atoms with Gasteiger partial charge in [0.1, 0.15) is 0 Å². The molecule has 1 amide bonds. The average Bonchev–Trinajstić information content (AvgIpc) is 2.83. The Hall–Kier alpha value is -1.20. The Balaban J connectivity index is 1.99. The molecule has 1 atom stereocenters. The van der Waals surface area contributed by atoms with E-state index < -0.39 is 0 Å². The molecule has 5 heteroatoms. The number of aryl methyl sites for hydroxylation is 1. The Morgan fingerprint density at radius 2 is 2.47 bits per heavy atom. The third-order valence-corrected chi connectivity index (χ3v) is 4.28. The lowest BCUT2D eigenvalue weighted by atomic mass is 9.99. The van der Waals surface area contributed by atoms with E-state index in [1.54, 1.807) is 23.6 Å². The van der Waals surface area contributed by atoms with E-state index in [4.69, 9.17) is 5.11 Å². The first-order chi connectivity index (χ1) is 9.20. The van der Waals surface area contributed by atoms with Gasteiger partial charge in [0.05, 0.1) is 5.01 Å². The Bertz CT molecular complexity index is 454. The number of carbonyl (C=O) groups is 1. The van der Waals surface area contributed by atoms with Gasteiger partial charge in [-0.15, -0.1) is 11.3 Å². The number of hydrogen-bond donors (Lipinski definition) is 1. The highest BCUT2D eigenvalue weighted by molar-refractivity contribution is 7.12. The molecule has 1 aromatic rings. The Morgan fingerprint density at radius 1 is 1.63 bits per heavy atom. The molecule has 19 heavy (non-hydrogen) atoms. The van der Waals surface area contributed by atoms with Crippen LogP contribution in [0.2, 0.25) is 0 Å². The molecule has 104 valence electrons. The van der Waals surface area contributed by atoms with E-state index in [1.807, 2.05) is 17.9 Å². The topological polar surface area (TPSA) is 53.4 Å². The first kappa shape index (κ1) is 14.2. The number of likely N-dealkylation sites (tertiary alicyclic amines) is 1. The van der Waals surface area contributed by atoms with Gasteiger partial charge in [0, 0.05) is 36.3 Å². The van der Waals surface area contributed by atoms with Crippen molar-refractivity contribution in [3.8, 4) is 0 Å². The van der Waals surface area contributed by atoms with Crippen LogP contribution in [0.5, 0.6) is 0 Å². The van der Waals surface area contributed by atoms with Gasteiger partial charge in [-0.25, -0.2) is 4.98 Å². The standard InChI is InChI=1S/C14H20N2O2S/c1-11-15-10-13(19-11)5-6-14(18)16-8-3-2-4-12(16)7-9-17/h5-6,10,12,17H,2-4,7-9H2,1H3/b6-5+. The summed E-state index contributed by atoms with van der Waals surface area (Å²) in [6.07, 6.45) is 9.12. The molecule has 4 nitrogen and oxygen atoms in total. The molecule has 0 bridgehead atoms. The highest BCUT2D eigenvalue weighted by Crippen LogP contribution is 2.20. The van der Waals surface area contributed by atoms with Crippen molar-refractivity contribution in [1.82, 2.24) is 9.88 Å². The van der Waals surface area contributed by atoms with Crippen LogP contribution in [-0.4, -0.2) is 40.1 Å². The van der Waals surface area contributed by atoms with E-state index in [-0.39, 0.29) is 18.6 Å². The number of hydrogen-bond acceptors (Lipinski definition) is 4. The minimum Gasteiger partial charge on any atom is -0.396 e. The van der Waals surface area contributed by atoms with Crippen LogP contribution in [0.15, 0.2) is 12.3 Å². The summed E-state index contributed by atoms with van der Waals surface area (Å²) in [5.74, 6) is 0.0456. The van der Waals surface area contributed by atoms with Crippen molar-refractivity contribution in [2.24, 2.45) is 0 Å². The quantitative estimate of drug-likeness (QED) is 0.861. The van der Waals surface area contributed by atoms with Gasteiger partial charge < -0.3 is 10.0 Å². The molecule has 2 heterocycles. The van der Waals surface area contributed by atoms with Crippen molar-refractivity contribution in [1.29, 1.82) is 0 Å². The second-order valence-electron chi connectivity index (χ2n) is 4.81. The molecule has 1 aliphatic heterocycles. The van der Waals surface area contributed by atoms with Gasteiger partial charge in [-0.2, -0.15) is 0 Å². The van der Waals surface area contributed by atoms with Crippen molar-refractivity contribution in [3.05, 3.63) is 22.2 Å². The summed E-state index contributed by atoms with van der Waals surface area (Å²) in [5.41, 5.74) is 0. The van der Waals surface area contributed by atoms with Crippen LogP contribution < -0.4 is 0 Å². The number of amides is 1. The third-order valence-electron chi connectivity index (χ3n) is 3.40. The molecule has 1 N–H and O–H groups in total. The van der Waals surface area contributed by atoms with E-state index in [0.29, 0.717) is 6.42 Å². The fourth-order valence-corrected chi connectivity index (χ4v) is 3.13. The molecule has 0 spiro atoms. The van der Waals surface area contributed by atoms with E-state index in [2.05, 4.69) is 4.98 Å². The monoisotopic (exact) mass is 280 g/mol. The molecule has 0 radical (unpaired) electrons. The third kappa shape index (κ3) is 3.88. The Morgan fingerprint density at radius 3 is 3.16 bits per heavy atom. The molecular formula is C14H20N2O2S. The largest absolute Gasteiger partial charge is 0.396 e. The van der Waals surface area contributed by atoms with Gasteiger partial charge in [-0.1, -0.05) is 0 Å². The van der Waals surface area contributed by atoms with E-state index in [1.165, 1.54) is 0 Å². The predicted octanol–water partition coefficient (Wildman–Crippen LogP) is 2.23. The van der Waals surface area contributed by atoms with Crippen LogP contribution in [0, 0.1) is 6.92 Å².